The summed E-state index contributed by atoms with van der Waals surface area (Å²) in [5.41, 5.74) is 0.0226. The van der Waals surface area contributed by atoms with Crippen LogP contribution in [0.3, 0.4) is 0 Å². The Morgan fingerprint density at radius 1 is 1.16 bits per heavy atom. The van der Waals surface area contributed by atoms with Crippen molar-refractivity contribution in [2.45, 2.75) is 70.4 Å². The Kier molecular flexibility index (Phi) is 5.67. The molecule has 0 radical (unpaired) electrons. The van der Waals surface area contributed by atoms with Gasteiger partial charge in [-0.05, 0) is 64.0 Å². The Bertz CT molecular complexity index is 253. The van der Waals surface area contributed by atoms with Crippen molar-refractivity contribution in [3.05, 3.63) is 0 Å². The van der Waals surface area contributed by atoms with Gasteiger partial charge in [0.25, 0.3) is 0 Å². The second-order valence-corrected chi connectivity index (χ2v) is 6.31. The molecule has 1 unspecified atom stereocenters. The average Bonchev–Trinajstić information content (AvgIpc) is 2.96. The molecule has 0 aromatic heterocycles. The van der Waals surface area contributed by atoms with Gasteiger partial charge in [-0.1, -0.05) is 13.8 Å². The van der Waals surface area contributed by atoms with Crippen molar-refractivity contribution in [2.75, 3.05) is 26.3 Å². The minimum Gasteiger partial charge on any atom is -0.391 e. The van der Waals surface area contributed by atoms with Gasteiger partial charge in [-0.25, -0.2) is 0 Å². The van der Waals surface area contributed by atoms with Crippen molar-refractivity contribution >= 4 is 0 Å². The van der Waals surface area contributed by atoms with Gasteiger partial charge < -0.3 is 9.84 Å². The summed E-state index contributed by atoms with van der Waals surface area (Å²) in [6.07, 6.45) is 7.76. The molecule has 112 valence electrons. The smallest absolute Gasteiger partial charge is 0.0726 e. The van der Waals surface area contributed by atoms with E-state index in [0.29, 0.717) is 5.92 Å². The molecule has 2 heterocycles. The number of ether oxygens (including phenoxy) is 1. The van der Waals surface area contributed by atoms with Crippen LogP contribution in [0, 0.1) is 5.92 Å². The fraction of sp³-hybridized carbons (Fsp3) is 1.00. The van der Waals surface area contributed by atoms with Gasteiger partial charge in [0, 0.05) is 18.8 Å². The third kappa shape index (κ3) is 3.32. The van der Waals surface area contributed by atoms with Gasteiger partial charge in [0.05, 0.1) is 6.10 Å². The molecule has 1 N–H and O–H groups in total. The highest BCUT2D eigenvalue weighted by Crippen LogP contribution is 2.35. The summed E-state index contributed by atoms with van der Waals surface area (Å²) in [5.74, 6) is 0.656. The van der Waals surface area contributed by atoms with Crippen molar-refractivity contribution < 1.29 is 9.84 Å². The average molecular weight is 269 g/mol. The van der Waals surface area contributed by atoms with E-state index in [4.69, 9.17) is 4.74 Å². The molecule has 0 aliphatic carbocycles. The molecule has 0 aromatic rings. The molecular weight excluding hydrogens is 238 g/mol. The lowest BCUT2D eigenvalue weighted by Gasteiger charge is -2.45. The maximum absolute atomic E-state index is 10.9. The predicted octanol–water partition coefficient (Wildman–Crippen LogP) is 2.82. The predicted molar refractivity (Wildman–Crippen MR) is 78.3 cm³/mol. The molecule has 3 heteroatoms. The maximum Gasteiger partial charge on any atom is 0.0726 e. The lowest BCUT2D eigenvalue weighted by atomic mass is 9.79. The Hall–Kier alpha value is -0.120. The van der Waals surface area contributed by atoms with Crippen molar-refractivity contribution in [1.29, 1.82) is 0 Å². The van der Waals surface area contributed by atoms with Crippen LogP contribution in [0.2, 0.25) is 0 Å². The van der Waals surface area contributed by atoms with Crippen LogP contribution >= 0.6 is 0 Å². The van der Waals surface area contributed by atoms with E-state index in [2.05, 4.69) is 18.7 Å². The summed E-state index contributed by atoms with van der Waals surface area (Å²) in [6.45, 7) is 8.60. The zero-order chi connectivity index (χ0) is 13.7. The van der Waals surface area contributed by atoms with Crippen molar-refractivity contribution in [1.82, 2.24) is 4.90 Å². The normalized spacial score (nSPS) is 24.8. The molecule has 2 aliphatic heterocycles. The second kappa shape index (κ2) is 7.05. The first-order valence-electron chi connectivity index (χ1n) is 8.23. The van der Waals surface area contributed by atoms with Gasteiger partial charge in [0.15, 0.2) is 0 Å². The minimum atomic E-state index is -0.177. The second-order valence-electron chi connectivity index (χ2n) is 6.31. The van der Waals surface area contributed by atoms with Crippen LogP contribution in [0.1, 0.15) is 58.8 Å². The molecule has 0 bridgehead atoms. The van der Waals surface area contributed by atoms with Crippen LogP contribution < -0.4 is 0 Å². The van der Waals surface area contributed by atoms with Crippen LogP contribution in [0.4, 0.5) is 0 Å². The van der Waals surface area contributed by atoms with E-state index in [1.165, 1.54) is 25.9 Å². The topological polar surface area (TPSA) is 32.7 Å². The number of aliphatic hydroxyl groups excluding tert-OH is 1. The fourth-order valence-corrected chi connectivity index (χ4v) is 4.06. The Morgan fingerprint density at radius 2 is 1.74 bits per heavy atom. The van der Waals surface area contributed by atoms with Crippen LogP contribution in [0.15, 0.2) is 0 Å². The van der Waals surface area contributed by atoms with E-state index in [9.17, 15) is 5.11 Å². The standard InChI is InChI=1S/C16H31NO2/c1-3-16(4-2,17-9-5-6-10-17)15(18)13-14-7-11-19-12-8-14/h14-15,18H,3-13H2,1-2H3. The number of likely N-dealkylation sites (tertiary alicyclic amines) is 1. The molecule has 1 atom stereocenters. The molecule has 19 heavy (non-hydrogen) atoms. The van der Waals surface area contributed by atoms with Crippen LogP contribution in [-0.2, 0) is 4.74 Å². The first-order valence-corrected chi connectivity index (χ1v) is 8.23. The number of hydrogen-bond acceptors (Lipinski definition) is 3. The van der Waals surface area contributed by atoms with E-state index in [1.54, 1.807) is 0 Å². The Morgan fingerprint density at radius 3 is 2.26 bits per heavy atom. The van der Waals surface area contributed by atoms with E-state index in [0.717, 1.165) is 45.3 Å². The molecular formula is C16H31NO2. The van der Waals surface area contributed by atoms with Crippen molar-refractivity contribution in [3.63, 3.8) is 0 Å². The first-order chi connectivity index (χ1) is 9.23. The van der Waals surface area contributed by atoms with Gasteiger partial charge in [0.1, 0.15) is 0 Å². The van der Waals surface area contributed by atoms with Crippen LogP contribution in [-0.4, -0.2) is 48.0 Å². The van der Waals surface area contributed by atoms with Crippen LogP contribution in [0.5, 0.6) is 0 Å². The minimum absolute atomic E-state index is 0.0226. The van der Waals surface area contributed by atoms with E-state index < -0.39 is 0 Å². The fourth-order valence-electron chi connectivity index (χ4n) is 4.06. The molecule has 2 aliphatic rings. The molecule has 0 aromatic carbocycles. The van der Waals surface area contributed by atoms with Crippen molar-refractivity contribution in [3.8, 4) is 0 Å². The third-order valence-electron chi connectivity index (χ3n) is 5.48. The molecule has 2 fully saturated rings. The van der Waals surface area contributed by atoms with Gasteiger partial charge in [-0.2, -0.15) is 0 Å². The van der Waals surface area contributed by atoms with Crippen molar-refractivity contribution in [2.24, 2.45) is 5.92 Å². The quantitative estimate of drug-likeness (QED) is 0.805. The number of rotatable bonds is 6. The third-order valence-corrected chi connectivity index (χ3v) is 5.48. The lowest BCUT2D eigenvalue weighted by molar-refractivity contribution is -0.0486. The summed E-state index contributed by atoms with van der Waals surface area (Å²) in [5, 5.41) is 10.9. The molecule has 3 nitrogen and oxygen atoms in total. The SMILES string of the molecule is CCC(CC)(C(O)CC1CCOCC1)N1CCCC1. The summed E-state index contributed by atoms with van der Waals surface area (Å²) in [7, 11) is 0. The van der Waals surface area contributed by atoms with Gasteiger partial charge in [-0.15, -0.1) is 0 Å². The highest BCUT2D eigenvalue weighted by atomic mass is 16.5. The molecule has 0 amide bonds. The number of hydrogen-bond donors (Lipinski definition) is 1. The Labute approximate surface area is 118 Å². The largest absolute Gasteiger partial charge is 0.391 e. The highest BCUT2D eigenvalue weighted by Gasteiger charge is 2.42. The molecule has 2 saturated heterocycles. The maximum atomic E-state index is 10.9. The first kappa shape index (κ1) is 15.3. The van der Waals surface area contributed by atoms with Gasteiger partial charge in [0.2, 0.25) is 0 Å². The molecule has 2 rings (SSSR count). The molecule has 0 saturated carbocycles. The summed E-state index contributed by atoms with van der Waals surface area (Å²) < 4.78 is 5.43. The number of nitrogens with zero attached hydrogens (tertiary/aromatic N) is 1. The van der Waals surface area contributed by atoms with E-state index >= 15 is 0 Å². The lowest BCUT2D eigenvalue weighted by Crippen LogP contribution is -2.55. The monoisotopic (exact) mass is 269 g/mol. The highest BCUT2D eigenvalue weighted by molar-refractivity contribution is 4.97. The Balaban J connectivity index is 1.99. The van der Waals surface area contributed by atoms with Gasteiger partial charge >= 0.3 is 0 Å². The van der Waals surface area contributed by atoms with Gasteiger partial charge in [-0.3, -0.25) is 4.90 Å². The summed E-state index contributed by atoms with van der Waals surface area (Å²) in [4.78, 5) is 2.57. The molecule has 0 spiro atoms. The van der Waals surface area contributed by atoms with E-state index in [-0.39, 0.29) is 11.6 Å². The summed E-state index contributed by atoms with van der Waals surface area (Å²) >= 11 is 0. The number of aliphatic hydroxyl groups is 1. The zero-order valence-corrected chi connectivity index (χ0v) is 12.7. The van der Waals surface area contributed by atoms with E-state index in [1.807, 2.05) is 0 Å². The zero-order valence-electron chi connectivity index (χ0n) is 12.7. The van der Waals surface area contributed by atoms with Crippen LogP contribution in [0.25, 0.3) is 0 Å². The summed E-state index contributed by atoms with van der Waals surface area (Å²) in [6, 6.07) is 0.